The molecule has 6 nitrogen and oxygen atoms in total. The normalized spacial score (nSPS) is 12.3. The first-order chi connectivity index (χ1) is 9.20. The van der Waals surface area contributed by atoms with Crippen LogP contribution in [0.15, 0.2) is 23.7 Å². The molecule has 0 aliphatic carbocycles. The summed E-state index contributed by atoms with van der Waals surface area (Å²) in [6.07, 6.45) is 2.01. The first kappa shape index (κ1) is 13.7. The van der Waals surface area contributed by atoms with E-state index in [4.69, 9.17) is 4.74 Å². The third-order valence-corrected chi connectivity index (χ3v) is 3.81. The molecule has 0 aliphatic rings. The zero-order chi connectivity index (χ0) is 13.7. The maximum absolute atomic E-state index is 11.5. The number of thiophene rings is 1. The molecule has 1 N–H and O–H groups in total. The van der Waals surface area contributed by atoms with Crippen molar-refractivity contribution in [1.82, 2.24) is 20.3 Å². The molecule has 2 aromatic rings. The van der Waals surface area contributed by atoms with Gasteiger partial charge >= 0.3 is 5.97 Å². The van der Waals surface area contributed by atoms with Crippen LogP contribution in [-0.2, 0) is 23.1 Å². The van der Waals surface area contributed by atoms with Crippen molar-refractivity contribution >= 4 is 17.3 Å². The number of methoxy groups -OCH3 is 1. The highest BCUT2D eigenvalue weighted by molar-refractivity contribution is 7.10. The lowest BCUT2D eigenvalue weighted by molar-refractivity contribution is -0.141. The molecule has 2 rings (SSSR count). The molecule has 7 heteroatoms. The molecular formula is C12H16N4O2S. The number of aryl methyl sites for hydroxylation is 1. The third-order valence-electron chi connectivity index (χ3n) is 2.82. The van der Waals surface area contributed by atoms with Crippen LogP contribution >= 0.6 is 11.3 Å². The predicted octanol–water partition coefficient (Wildman–Crippen LogP) is 1.27. The molecule has 1 atom stereocenters. The Bertz CT molecular complexity index is 524. The molecule has 19 heavy (non-hydrogen) atoms. The number of esters is 1. The lowest BCUT2D eigenvalue weighted by Crippen LogP contribution is -2.24. The van der Waals surface area contributed by atoms with E-state index in [9.17, 15) is 4.79 Å². The molecule has 1 unspecified atom stereocenters. The first-order valence-electron chi connectivity index (χ1n) is 5.88. The molecule has 102 valence electrons. The highest BCUT2D eigenvalue weighted by Crippen LogP contribution is 2.22. The Morgan fingerprint density at radius 2 is 2.47 bits per heavy atom. The van der Waals surface area contributed by atoms with Crippen LogP contribution in [0.2, 0.25) is 0 Å². The van der Waals surface area contributed by atoms with Crippen molar-refractivity contribution in [3.05, 3.63) is 34.3 Å². The summed E-state index contributed by atoms with van der Waals surface area (Å²) in [4.78, 5) is 12.6. The number of carbonyl (C=O) groups excluding carboxylic acids is 1. The van der Waals surface area contributed by atoms with Crippen LogP contribution in [0.4, 0.5) is 0 Å². The number of hydrogen-bond acceptors (Lipinski definition) is 6. The van der Waals surface area contributed by atoms with Gasteiger partial charge in [0, 0.05) is 18.5 Å². The van der Waals surface area contributed by atoms with Gasteiger partial charge in [0.2, 0.25) is 0 Å². The van der Waals surface area contributed by atoms with Crippen LogP contribution in [0.25, 0.3) is 0 Å². The van der Waals surface area contributed by atoms with Crippen molar-refractivity contribution in [2.45, 2.75) is 19.0 Å². The average Bonchev–Trinajstić information content (AvgIpc) is 3.06. The van der Waals surface area contributed by atoms with Gasteiger partial charge in [-0.1, -0.05) is 11.3 Å². The fourth-order valence-corrected chi connectivity index (χ4v) is 2.51. The lowest BCUT2D eigenvalue weighted by atomic mass is 10.1. The molecular weight excluding hydrogens is 264 g/mol. The highest BCUT2D eigenvalue weighted by atomic mass is 32.1. The van der Waals surface area contributed by atoms with Gasteiger partial charge in [0.15, 0.2) is 0 Å². The minimum atomic E-state index is -0.228. The van der Waals surface area contributed by atoms with Gasteiger partial charge in [-0.25, -0.2) is 0 Å². The summed E-state index contributed by atoms with van der Waals surface area (Å²) in [6, 6.07) is 3.92. The Kier molecular flexibility index (Phi) is 4.64. The van der Waals surface area contributed by atoms with E-state index >= 15 is 0 Å². The number of carbonyl (C=O) groups is 1. The highest BCUT2D eigenvalue weighted by Gasteiger charge is 2.17. The molecule has 0 aliphatic heterocycles. The van der Waals surface area contributed by atoms with Crippen molar-refractivity contribution < 1.29 is 9.53 Å². The average molecular weight is 280 g/mol. The van der Waals surface area contributed by atoms with Crippen molar-refractivity contribution in [3.8, 4) is 0 Å². The SMILES string of the molecule is COC(=O)CC(NCc1cnnn1C)c1cccs1. The van der Waals surface area contributed by atoms with Crippen LogP contribution in [0.3, 0.4) is 0 Å². The first-order valence-corrected chi connectivity index (χ1v) is 6.76. The molecule has 0 bridgehead atoms. The smallest absolute Gasteiger partial charge is 0.307 e. The Hall–Kier alpha value is -1.73. The topological polar surface area (TPSA) is 69.0 Å². The van der Waals surface area contributed by atoms with Crippen molar-refractivity contribution in [3.63, 3.8) is 0 Å². The van der Waals surface area contributed by atoms with E-state index in [1.807, 2.05) is 24.6 Å². The number of nitrogens with one attached hydrogen (secondary N) is 1. The molecule has 2 aromatic heterocycles. The van der Waals surface area contributed by atoms with Crippen molar-refractivity contribution in [2.75, 3.05) is 7.11 Å². The van der Waals surface area contributed by atoms with Gasteiger partial charge in [-0.3, -0.25) is 9.48 Å². The van der Waals surface area contributed by atoms with Gasteiger partial charge in [0.25, 0.3) is 0 Å². The maximum atomic E-state index is 11.5. The lowest BCUT2D eigenvalue weighted by Gasteiger charge is -2.16. The fraction of sp³-hybridized carbons (Fsp3) is 0.417. The van der Waals surface area contributed by atoms with Crippen LogP contribution in [0.5, 0.6) is 0 Å². The van der Waals surface area contributed by atoms with E-state index in [1.165, 1.54) is 7.11 Å². The van der Waals surface area contributed by atoms with Crippen LogP contribution < -0.4 is 5.32 Å². The summed E-state index contributed by atoms with van der Waals surface area (Å²) in [7, 11) is 3.24. The molecule has 2 heterocycles. The number of ether oxygens (including phenoxy) is 1. The Labute approximate surface area is 115 Å². The van der Waals surface area contributed by atoms with E-state index in [2.05, 4.69) is 15.6 Å². The quantitative estimate of drug-likeness (QED) is 0.807. The summed E-state index contributed by atoms with van der Waals surface area (Å²) < 4.78 is 6.44. The van der Waals surface area contributed by atoms with Crippen LogP contribution in [0.1, 0.15) is 23.0 Å². The monoisotopic (exact) mass is 280 g/mol. The summed E-state index contributed by atoms with van der Waals surface area (Å²) in [5.41, 5.74) is 0.964. The number of rotatable bonds is 6. The summed E-state index contributed by atoms with van der Waals surface area (Å²) in [6.45, 7) is 0.600. The molecule has 0 saturated carbocycles. The second-order valence-corrected chi connectivity index (χ2v) is 5.06. The Morgan fingerprint density at radius 1 is 1.63 bits per heavy atom. The van der Waals surface area contributed by atoms with Gasteiger partial charge in [0.05, 0.1) is 31.5 Å². The third kappa shape index (κ3) is 3.62. The minimum Gasteiger partial charge on any atom is -0.469 e. The van der Waals surface area contributed by atoms with Crippen molar-refractivity contribution in [2.24, 2.45) is 7.05 Å². The molecule has 0 radical (unpaired) electrons. The summed E-state index contributed by atoms with van der Waals surface area (Å²) in [5.74, 6) is -0.228. The van der Waals surface area contributed by atoms with Crippen LogP contribution in [-0.4, -0.2) is 28.1 Å². The Morgan fingerprint density at radius 3 is 3.05 bits per heavy atom. The van der Waals surface area contributed by atoms with Gasteiger partial charge < -0.3 is 10.1 Å². The van der Waals surface area contributed by atoms with E-state index in [0.29, 0.717) is 13.0 Å². The molecule has 0 aromatic carbocycles. The zero-order valence-corrected chi connectivity index (χ0v) is 11.7. The largest absolute Gasteiger partial charge is 0.469 e. The van der Waals surface area contributed by atoms with E-state index in [1.54, 1.807) is 22.2 Å². The summed E-state index contributed by atoms with van der Waals surface area (Å²) in [5, 5.41) is 13.0. The second-order valence-electron chi connectivity index (χ2n) is 4.08. The zero-order valence-electron chi connectivity index (χ0n) is 10.9. The van der Waals surface area contributed by atoms with E-state index < -0.39 is 0 Å². The van der Waals surface area contributed by atoms with Gasteiger partial charge in [0.1, 0.15) is 0 Å². The minimum absolute atomic E-state index is 0.0534. The van der Waals surface area contributed by atoms with E-state index in [-0.39, 0.29) is 12.0 Å². The van der Waals surface area contributed by atoms with Gasteiger partial charge in [-0.15, -0.1) is 16.4 Å². The van der Waals surface area contributed by atoms with Crippen LogP contribution in [0, 0.1) is 0 Å². The molecule has 0 amide bonds. The van der Waals surface area contributed by atoms with Crippen molar-refractivity contribution in [1.29, 1.82) is 0 Å². The number of hydrogen-bond donors (Lipinski definition) is 1. The second kappa shape index (κ2) is 6.44. The Balaban J connectivity index is 2.02. The molecule has 0 saturated heterocycles. The maximum Gasteiger partial charge on any atom is 0.307 e. The number of aromatic nitrogens is 3. The summed E-state index contributed by atoms with van der Waals surface area (Å²) >= 11 is 1.62. The van der Waals surface area contributed by atoms with Gasteiger partial charge in [-0.2, -0.15) is 0 Å². The standard InChI is InChI=1S/C12H16N4O2S/c1-16-9(8-14-15-16)7-13-10(6-12(17)18-2)11-4-3-5-19-11/h3-5,8,10,13H,6-7H2,1-2H3. The predicted molar refractivity (Wildman–Crippen MR) is 71.5 cm³/mol. The van der Waals surface area contributed by atoms with Gasteiger partial charge in [-0.05, 0) is 11.4 Å². The molecule has 0 spiro atoms. The van der Waals surface area contributed by atoms with E-state index in [0.717, 1.165) is 10.6 Å². The number of nitrogens with zero attached hydrogens (tertiary/aromatic N) is 3. The molecule has 0 fully saturated rings. The fourth-order valence-electron chi connectivity index (χ4n) is 1.71.